The van der Waals surface area contributed by atoms with Crippen molar-refractivity contribution in [3.05, 3.63) is 42.6 Å². The fourth-order valence-corrected chi connectivity index (χ4v) is 3.27. The molecule has 0 aliphatic heterocycles. The molecular formula is C17H21N5O2S. The van der Waals surface area contributed by atoms with Crippen LogP contribution in [0.3, 0.4) is 0 Å². The lowest BCUT2D eigenvalue weighted by Gasteiger charge is -2.14. The minimum atomic E-state index is -3.62. The summed E-state index contributed by atoms with van der Waals surface area (Å²) in [6.45, 7) is 5.42. The van der Waals surface area contributed by atoms with E-state index in [2.05, 4.69) is 36.8 Å². The molecule has 2 atom stereocenters. The van der Waals surface area contributed by atoms with Gasteiger partial charge in [-0.25, -0.2) is 18.1 Å². The highest BCUT2D eigenvalue weighted by molar-refractivity contribution is 7.89. The summed E-state index contributed by atoms with van der Waals surface area (Å²) in [5.74, 6) is 6.16. The van der Waals surface area contributed by atoms with Gasteiger partial charge in [-0.1, -0.05) is 0 Å². The maximum atomic E-state index is 12.3. The zero-order chi connectivity index (χ0) is 18.3. The van der Waals surface area contributed by atoms with Gasteiger partial charge in [0.25, 0.3) is 0 Å². The first kappa shape index (κ1) is 18.8. The Balaban J connectivity index is 2.04. The van der Waals surface area contributed by atoms with Gasteiger partial charge in [0.2, 0.25) is 10.0 Å². The molecule has 2 aromatic rings. The molecule has 0 fully saturated rings. The van der Waals surface area contributed by atoms with E-state index in [0.717, 1.165) is 5.69 Å². The average molecular weight is 359 g/mol. The minimum absolute atomic E-state index is 0.102. The van der Waals surface area contributed by atoms with E-state index in [0.29, 0.717) is 12.2 Å². The highest BCUT2D eigenvalue weighted by Gasteiger charge is 2.17. The number of anilines is 1. The lowest BCUT2D eigenvalue weighted by atomic mass is 10.2. The second-order valence-corrected chi connectivity index (χ2v) is 7.24. The smallest absolute Gasteiger partial charge is 0.242 e. The van der Waals surface area contributed by atoms with Crippen LogP contribution in [0, 0.1) is 11.8 Å². The zero-order valence-corrected chi connectivity index (χ0v) is 15.2. The van der Waals surface area contributed by atoms with Crippen LogP contribution in [0.15, 0.2) is 41.8 Å². The molecule has 25 heavy (non-hydrogen) atoms. The first-order valence-electron chi connectivity index (χ1n) is 7.83. The van der Waals surface area contributed by atoms with Gasteiger partial charge < -0.3 is 5.32 Å². The normalized spacial score (nSPS) is 13.4. The lowest BCUT2D eigenvalue weighted by molar-refractivity contribution is 0.563. The Kier molecular flexibility index (Phi) is 6.44. The van der Waals surface area contributed by atoms with Crippen LogP contribution in [0.2, 0.25) is 0 Å². The fraction of sp³-hybridized carbons (Fsp3) is 0.353. The second kappa shape index (κ2) is 8.55. The molecule has 0 aliphatic carbocycles. The number of nitrogens with zero attached hydrogens (tertiary/aromatic N) is 3. The molecule has 2 aromatic heterocycles. The molecule has 0 radical (unpaired) electrons. The lowest BCUT2D eigenvalue weighted by Crippen LogP contribution is -2.32. The van der Waals surface area contributed by atoms with E-state index in [1.54, 1.807) is 38.5 Å². The molecule has 8 heteroatoms. The van der Waals surface area contributed by atoms with E-state index in [1.165, 1.54) is 12.3 Å². The highest BCUT2D eigenvalue weighted by atomic mass is 32.2. The number of pyridine rings is 1. The largest absolute Gasteiger partial charge is 0.362 e. The van der Waals surface area contributed by atoms with Crippen LogP contribution in [0.1, 0.15) is 38.9 Å². The summed E-state index contributed by atoms with van der Waals surface area (Å²) in [6.07, 6.45) is 6.67. The van der Waals surface area contributed by atoms with Crippen LogP contribution in [0.4, 0.5) is 5.82 Å². The summed E-state index contributed by atoms with van der Waals surface area (Å²) in [4.78, 5) is 12.5. The van der Waals surface area contributed by atoms with Crippen molar-refractivity contribution >= 4 is 15.8 Å². The summed E-state index contributed by atoms with van der Waals surface area (Å²) in [5, 5.41) is 3.16. The molecule has 2 unspecified atom stereocenters. The van der Waals surface area contributed by atoms with E-state index in [9.17, 15) is 8.42 Å². The number of rotatable bonds is 7. The maximum absolute atomic E-state index is 12.3. The van der Waals surface area contributed by atoms with Gasteiger partial charge in [-0.3, -0.25) is 9.97 Å². The summed E-state index contributed by atoms with van der Waals surface area (Å²) in [6, 6.07) is 2.76. The summed E-state index contributed by atoms with van der Waals surface area (Å²) in [5.41, 5.74) is 0.772. The van der Waals surface area contributed by atoms with Crippen molar-refractivity contribution in [3.63, 3.8) is 0 Å². The van der Waals surface area contributed by atoms with Gasteiger partial charge in [0.05, 0.1) is 17.9 Å². The van der Waals surface area contributed by atoms with Crippen molar-refractivity contribution in [2.75, 3.05) is 5.32 Å². The van der Waals surface area contributed by atoms with Gasteiger partial charge in [-0.15, -0.1) is 11.8 Å². The van der Waals surface area contributed by atoms with Crippen molar-refractivity contribution in [1.82, 2.24) is 19.7 Å². The molecule has 0 amide bonds. The molecule has 2 N–H and O–H groups in total. The number of nitrogens with one attached hydrogen (secondary N) is 2. The predicted octanol–water partition coefficient (Wildman–Crippen LogP) is 2.12. The Morgan fingerprint density at radius 1 is 1.16 bits per heavy atom. The minimum Gasteiger partial charge on any atom is -0.362 e. The van der Waals surface area contributed by atoms with Gasteiger partial charge in [-0.05, 0) is 32.9 Å². The Labute approximate surface area is 148 Å². The number of hydrogen-bond acceptors (Lipinski definition) is 6. The monoisotopic (exact) mass is 359 g/mol. The highest BCUT2D eigenvalue weighted by Crippen LogP contribution is 2.17. The van der Waals surface area contributed by atoms with Gasteiger partial charge in [0, 0.05) is 31.1 Å². The third-order valence-electron chi connectivity index (χ3n) is 3.38. The summed E-state index contributed by atoms with van der Waals surface area (Å²) < 4.78 is 27.2. The van der Waals surface area contributed by atoms with E-state index in [4.69, 9.17) is 0 Å². The Morgan fingerprint density at radius 2 is 1.96 bits per heavy atom. The van der Waals surface area contributed by atoms with E-state index >= 15 is 0 Å². The van der Waals surface area contributed by atoms with Gasteiger partial charge >= 0.3 is 0 Å². The zero-order valence-electron chi connectivity index (χ0n) is 14.4. The third kappa shape index (κ3) is 5.52. The Hall–Kier alpha value is -2.50. The molecule has 0 spiro atoms. The SMILES string of the molecule is CC#CCC(C)NS(=O)(=O)c1ccc(NC(C)c2cnccn2)nc1. The molecule has 0 saturated heterocycles. The molecule has 2 rings (SSSR count). The average Bonchev–Trinajstić information content (AvgIpc) is 2.61. The molecule has 7 nitrogen and oxygen atoms in total. The fourth-order valence-electron chi connectivity index (χ4n) is 2.08. The molecule has 132 valence electrons. The molecule has 2 heterocycles. The first-order chi connectivity index (χ1) is 11.9. The van der Waals surface area contributed by atoms with E-state index < -0.39 is 10.0 Å². The Morgan fingerprint density at radius 3 is 2.56 bits per heavy atom. The van der Waals surface area contributed by atoms with Crippen LogP contribution in [-0.4, -0.2) is 29.4 Å². The van der Waals surface area contributed by atoms with Crippen LogP contribution < -0.4 is 10.0 Å². The van der Waals surface area contributed by atoms with E-state index in [1.807, 2.05) is 6.92 Å². The van der Waals surface area contributed by atoms with Crippen LogP contribution in [0.25, 0.3) is 0 Å². The first-order valence-corrected chi connectivity index (χ1v) is 9.31. The van der Waals surface area contributed by atoms with Gasteiger partial charge in [-0.2, -0.15) is 0 Å². The van der Waals surface area contributed by atoms with E-state index in [-0.39, 0.29) is 17.0 Å². The summed E-state index contributed by atoms with van der Waals surface area (Å²) >= 11 is 0. The van der Waals surface area contributed by atoms with Crippen molar-refractivity contribution in [2.45, 2.75) is 44.2 Å². The van der Waals surface area contributed by atoms with Gasteiger partial charge in [0.1, 0.15) is 10.7 Å². The number of sulfonamides is 1. The van der Waals surface area contributed by atoms with Crippen molar-refractivity contribution in [3.8, 4) is 11.8 Å². The quantitative estimate of drug-likeness (QED) is 0.735. The van der Waals surface area contributed by atoms with Crippen LogP contribution in [0.5, 0.6) is 0 Å². The maximum Gasteiger partial charge on any atom is 0.242 e. The van der Waals surface area contributed by atoms with Crippen molar-refractivity contribution < 1.29 is 8.42 Å². The molecule has 0 aromatic carbocycles. The topological polar surface area (TPSA) is 96.9 Å². The Bertz CT molecular complexity index is 842. The molecule has 0 saturated carbocycles. The standard InChI is InChI=1S/C17H21N5O2S/c1-4-5-6-13(2)22-25(23,24)15-7-8-17(20-11-15)21-14(3)16-12-18-9-10-19-16/h7-14,22H,6H2,1-3H3,(H,20,21). The molecule has 0 aliphatic rings. The third-order valence-corrected chi connectivity index (χ3v) is 4.95. The van der Waals surface area contributed by atoms with Gasteiger partial charge in [0.15, 0.2) is 0 Å². The van der Waals surface area contributed by atoms with Crippen LogP contribution in [-0.2, 0) is 10.0 Å². The van der Waals surface area contributed by atoms with Crippen LogP contribution >= 0.6 is 0 Å². The summed E-state index contributed by atoms with van der Waals surface area (Å²) in [7, 11) is -3.62. The number of aromatic nitrogens is 3. The number of hydrogen-bond donors (Lipinski definition) is 2. The van der Waals surface area contributed by atoms with Crippen molar-refractivity contribution in [2.24, 2.45) is 0 Å². The molecular weight excluding hydrogens is 338 g/mol. The second-order valence-electron chi connectivity index (χ2n) is 5.53. The predicted molar refractivity (Wildman–Crippen MR) is 96.2 cm³/mol. The molecule has 0 bridgehead atoms. The van der Waals surface area contributed by atoms with Crippen molar-refractivity contribution in [1.29, 1.82) is 0 Å².